The Labute approximate surface area is 124 Å². The number of methoxy groups -OCH3 is 1. The van der Waals surface area contributed by atoms with Crippen LogP contribution in [0, 0.1) is 5.92 Å². The highest BCUT2D eigenvalue weighted by Gasteiger charge is 2.49. The van der Waals surface area contributed by atoms with Gasteiger partial charge in [0.05, 0.1) is 13.4 Å². The number of carbonyl (C=O) groups is 2. The molecule has 1 heterocycles. The van der Waals surface area contributed by atoms with E-state index < -0.39 is 0 Å². The van der Waals surface area contributed by atoms with Gasteiger partial charge in [0.15, 0.2) is 0 Å². The first-order valence-corrected chi connectivity index (χ1v) is 7.61. The third-order valence-corrected chi connectivity index (χ3v) is 4.59. The SMILES string of the molecule is COC(=O)CN(C(=O)C1CC1c1ccco1)C1CCCC1. The number of esters is 1. The minimum atomic E-state index is -0.342. The molecule has 0 aliphatic heterocycles. The molecule has 0 aromatic carbocycles. The van der Waals surface area contributed by atoms with Crippen LogP contribution in [0.4, 0.5) is 0 Å². The van der Waals surface area contributed by atoms with Crippen LogP contribution in [-0.2, 0) is 14.3 Å². The fourth-order valence-corrected chi connectivity index (χ4v) is 3.30. The lowest BCUT2D eigenvalue weighted by molar-refractivity contribution is -0.149. The van der Waals surface area contributed by atoms with Gasteiger partial charge in [-0.15, -0.1) is 0 Å². The smallest absolute Gasteiger partial charge is 0.325 e. The van der Waals surface area contributed by atoms with E-state index >= 15 is 0 Å². The van der Waals surface area contributed by atoms with E-state index in [1.54, 1.807) is 11.2 Å². The summed E-state index contributed by atoms with van der Waals surface area (Å²) in [5, 5.41) is 0. The zero-order valence-electron chi connectivity index (χ0n) is 12.3. The summed E-state index contributed by atoms with van der Waals surface area (Å²) in [6, 6.07) is 3.95. The predicted octanol–water partition coefficient (Wildman–Crippen LogP) is 2.33. The van der Waals surface area contributed by atoms with Gasteiger partial charge in [0, 0.05) is 17.9 Å². The molecule has 2 saturated carbocycles. The predicted molar refractivity (Wildman–Crippen MR) is 75.5 cm³/mol. The standard InChI is InChI=1S/C16H21NO4/c1-20-15(18)10-17(11-5-2-3-6-11)16(19)13-9-12(13)14-7-4-8-21-14/h4,7-8,11-13H,2-3,5-6,9-10H2,1H3. The first-order chi connectivity index (χ1) is 10.2. The molecule has 0 radical (unpaired) electrons. The summed E-state index contributed by atoms with van der Waals surface area (Å²) in [7, 11) is 1.36. The molecule has 1 aromatic heterocycles. The Morgan fingerprint density at radius 2 is 2.14 bits per heavy atom. The average Bonchev–Trinajstić information content (AvgIpc) is 2.94. The highest BCUT2D eigenvalue weighted by atomic mass is 16.5. The van der Waals surface area contributed by atoms with E-state index in [1.807, 2.05) is 12.1 Å². The highest BCUT2D eigenvalue weighted by molar-refractivity contribution is 5.86. The summed E-state index contributed by atoms with van der Waals surface area (Å²) >= 11 is 0. The number of rotatable bonds is 5. The molecule has 2 unspecified atom stereocenters. The van der Waals surface area contributed by atoms with E-state index in [0.29, 0.717) is 0 Å². The molecule has 2 aliphatic carbocycles. The van der Waals surface area contributed by atoms with E-state index in [4.69, 9.17) is 9.15 Å². The van der Waals surface area contributed by atoms with E-state index in [2.05, 4.69) is 0 Å². The van der Waals surface area contributed by atoms with E-state index in [9.17, 15) is 9.59 Å². The zero-order chi connectivity index (χ0) is 14.8. The normalized spacial score (nSPS) is 24.8. The van der Waals surface area contributed by atoms with Gasteiger partial charge in [-0.25, -0.2) is 0 Å². The molecule has 2 fully saturated rings. The summed E-state index contributed by atoms with van der Waals surface area (Å²) in [5.74, 6) is 0.743. The van der Waals surface area contributed by atoms with E-state index in [0.717, 1.165) is 37.9 Å². The number of hydrogen-bond donors (Lipinski definition) is 0. The monoisotopic (exact) mass is 291 g/mol. The fraction of sp³-hybridized carbons (Fsp3) is 0.625. The van der Waals surface area contributed by atoms with Crippen molar-refractivity contribution in [2.45, 2.75) is 44.1 Å². The molecule has 21 heavy (non-hydrogen) atoms. The molecule has 2 atom stereocenters. The van der Waals surface area contributed by atoms with Crippen molar-refractivity contribution in [3.8, 4) is 0 Å². The van der Waals surface area contributed by atoms with Crippen LogP contribution < -0.4 is 0 Å². The highest BCUT2D eigenvalue weighted by Crippen LogP contribution is 2.49. The van der Waals surface area contributed by atoms with Crippen molar-refractivity contribution in [2.75, 3.05) is 13.7 Å². The second-order valence-electron chi connectivity index (χ2n) is 5.94. The van der Waals surface area contributed by atoms with Crippen molar-refractivity contribution in [1.29, 1.82) is 0 Å². The molecule has 1 aromatic rings. The first kappa shape index (κ1) is 14.2. The number of ether oxygens (including phenoxy) is 1. The molecule has 0 N–H and O–H groups in total. The third kappa shape index (κ3) is 2.96. The van der Waals surface area contributed by atoms with Crippen LogP contribution in [0.25, 0.3) is 0 Å². The van der Waals surface area contributed by atoms with Gasteiger partial charge in [-0.3, -0.25) is 9.59 Å². The Balaban J connectivity index is 1.68. The molecule has 3 rings (SSSR count). The van der Waals surface area contributed by atoms with E-state index in [-0.39, 0.29) is 36.3 Å². The van der Waals surface area contributed by atoms with Gasteiger partial charge in [-0.1, -0.05) is 12.8 Å². The Bertz CT molecular complexity index is 504. The lowest BCUT2D eigenvalue weighted by Crippen LogP contribution is -2.43. The van der Waals surface area contributed by atoms with Crippen LogP contribution in [0.3, 0.4) is 0 Å². The molecule has 114 valence electrons. The second-order valence-corrected chi connectivity index (χ2v) is 5.94. The van der Waals surface area contributed by atoms with Crippen molar-refractivity contribution in [3.05, 3.63) is 24.2 Å². The molecular formula is C16H21NO4. The quantitative estimate of drug-likeness (QED) is 0.781. The number of hydrogen-bond acceptors (Lipinski definition) is 4. The minimum absolute atomic E-state index is 0.0404. The largest absolute Gasteiger partial charge is 0.469 e. The Hall–Kier alpha value is -1.78. The Kier molecular flexibility index (Phi) is 3.99. The molecular weight excluding hydrogens is 270 g/mol. The lowest BCUT2D eigenvalue weighted by Gasteiger charge is -2.28. The zero-order valence-corrected chi connectivity index (χ0v) is 12.3. The summed E-state index contributed by atoms with van der Waals surface area (Å²) in [5.41, 5.74) is 0. The third-order valence-electron chi connectivity index (χ3n) is 4.59. The maximum atomic E-state index is 12.7. The summed E-state index contributed by atoms with van der Waals surface area (Å²) in [6.45, 7) is 0.0708. The first-order valence-electron chi connectivity index (χ1n) is 7.61. The lowest BCUT2D eigenvalue weighted by atomic mass is 10.1. The van der Waals surface area contributed by atoms with Gasteiger partial charge < -0.3 is 14.1 Å². The maximum absolute atomic E-state index is 12.7. The summed E-state index contributed by atoms with van der Waals surface area (Å²) < 4.78 is 10.1. The molecule has 5 heteroatoms. The van der Waals surface area contributed by atoms with Gasteiger partial charge >= 0.3 is 5.97 Å². The van der Waals surface area contributed by atoms with Crippen LogP contribution >= 0.6 is 0 Å². The Morgan fingerprint density at radius 3 is 2.76 bits per heavy atom. The van der Waals surface area contributed by atoms with Crippen LogP contribution in [0.1, 0.15) is 43.8 Å². The number of amides is 1. The fourth-order valence-electron chi connectivity index (χ4n) is 3.30. The summed E-state index contributed by atoms with van der Waals surface area (Å²) in [6.07, 6.45) is 6.68. The van der Waals surface area contributed by atoms with Gasteiger partial charge in [-0.05, 0) is 31.4 Å². The molecule has 0 spiro atoms. The van der Waals surface area contributed by atoms with Crippen LogP contribution in [0.2, 0.25) is 0 Å². The molecule has 2 aliphatic rings. The van der Waals surface area contributed by atoms with Gasteiger partial charge in [0.1, 0.15) is 12.3 Å². The van der Waals surface area contributed by atoms with Crippen molar-refractivity contribution in [3.63, 3.8) is 0 Å². The maximum Gasteiger partial charge on any atom is 0.325 e. The molecule has 1 amide bonds. The Morgan fingerprint density at radius 1 is 1.38 bits per heavy atom. The minimum Gasteiger partial charge on any atom is -0.469 e. The number of furan rings is 1. The molecule has 0 saturated heterocycles. The van der Waals surface area contributed by atoms with Crippen LogP contribution in [0.15, 0.2) is 22.8 Å². The van der Waals surface area contributed by atoms with Crippen molar-refractivity contribution < 1.29 is 18.7 Å². The van der Waals surface area contributed by atoms with Crippen molar-refractivity contribution >= 4 is 11.9 Å². The molecule has 0 bridgehead atoms. The van der Waals surface area contributed by atoms with Gasteiger partial charge in [0.2, 0.25) is 5.91 Å². The second kappa shape index (κ2) is 5.92. The number of carbonyl (C=O) groups excluding carboxylic acids is 2. The van der Waals surface area contributed by atoms with E-state index in [1.165, 1.54) is 7.11 Å². The number of nitrogens with zero attached hydrogens (tertiary/aromatic N) is 1. The van der Waals surface area contributed by atoms with Crippen LogP contribution in [0.5, 0.6) is 0 Å². The van der Waals surface area contributed by atoms with Crippen molar-refractivity contribution in [2.24, 2.45) is 5.92 Å². The average molecular weight is 291 g/mol. The molecule has 5 nitrogen and oxygen atoms in total. The summed E-state index contributed by atoms with van der Waals surface area (Å²) in [4.78, 5) is 26.1. The van der Waals surface area contributed by atoms with Gasteiger partial charge in [-0.2, -0.15) is 0 Å². The topological polar surface area (TPSA) is 59.8 Å². The van der Waals surface area contributed by atoms with Crippen molar-refractivity contribution in [1.82, 2.24) is 4.90 Å². The van der Waals surface area contributed by atoms with Crippen LogP contribution in [-0.4, -0.2) is 36.5 Å². The van der Waals surface area contributed by atoms with Gasteiger partial charge in [0.25, 0.3) is 0 Å².